The molecule has 1 fully saturated rings. The van der Waals surface area contributed by atoms with E-state index >= 15 is 0 Å². The molecular weight excluding hydrogens is 394 g/mol. The monoisotopic (exact) mass is 419 g/mol. The zero-order chi connectivity index (χ0) is 21.6. The third-order valence-electron chi connectivity index (χ3n) is 5.49. The molecule has 160 valence electrons. The van der Waals surface area contributed by atoms with E-state index in [1.807, 2.05) is 29.2 Å². The van der Waals surface area contributed by atoms with E-state index in [4.69, 9.17) is 0 Å². The van der Waals surface area contributed by atoms with Crippen molar-refractivity contribution in [2.24, 2.45) is 0 Å². The average Bonchev–Trinajstić information content (AvgIpc) is 2.83. The van der Waals surface area contributed by atoms with E-state index in [2.05, 4.69) is 15.6 Å². The number of amides is 2. The van der Waals surface area contributed by atoms with Gasteiger partial charge in [-0.3, -0.25) is 14.4 Å². The predicted molar refractivity (Wildman–Crippen MR) is 116 cm³/mol. The second-order valence-corrected chi connectivity index (χ2v) is 7.71. The van der Waals surface area contributed by atoms with E-state index in [1.54, 1.807) is 24.3 Å². The van der Waals surface area contributed by atoms with Gasteiger partial charge < -0.3 is 10.2 Å². The molecule has 0 saturated carbocycles. The van der Waals surface area contributed by atoms with Gasteiger partial charge in [0, 0.05) is 31.6 Å². The van der Waals surface area contributed by atoms with Gasteiger partial charge in [-0.05, 0) is 49.1 Å². The van der Waals surface area contributed by atoms with Gasteiger partial charge >= 0.3 is 0 Å². The molecule has 0 aliphatic carbocycles. The Bertz CT molecular complexity index is 1150. The first-order valence-electron chi connectivity index (χ1n) is 10.6. The van der Waals surface area contributed by atoms with E-state index in [9.17, 15) is 14.4 Å². The molecule has 2 amide bonds. The predicted octanol–water partition coefficient (Wildman–Crippen LogP) is 2.12. The third kappa shape index (κ3) is 4.96. The number of piperidine rings is 1. The minimum atomic E-state index is -0.262. The summed E-state index contributed by atoms with van der Waals surface area (Å²) in [6, 6.07) is 14.3. The molecule has 3 aromatic rings. The number of carbonyl (C=O) groups is 2. The van der Waals surface area contributed by atoms with E-state index in [0.717, 1.165) is 31.5 Å². The molecule has 2 aromatic carbocycles. The molecule has 31 heavy (non-hydrogen) atoms. The average molecular weight is 419 g/mol. The quantitative estimate of drug-likeness (QED) is 0.660. The molecule has 4 rings (SSSR count). The molecule has 0 unspecified atom stereocenters. The van der Waals surface area contributed by atoms with Crippen LogP contribution in [0.5, 0.6) is 0 Å². The molecule has 0 atom stereocenters. The highest BCUT2D eigenvalue weighted by Crippen LogP contribution is 2.14. The van der Waals surface area contributed by atoms with Gasteiger partial charge in [-0.1, -0.05) is 29.5 Å². The number of hydrogen-bond donors (Lipinski definition) is 1. The molecule has 8 nitrogen and oxygen atoms in total. The molecule has 0 spiro atoms. The Kier molecular flexibility index (Phi) is 6.35. The summed E-state index contributed by atoms with van der Waals surface area (Å²) in [7, 11) is 0. The lowest BCUT2D eigenvalue weighted by atomic mass is 10.1. The number of likely N-dealkylation sites (tertiary alicyclic amines) is 1. The lowest BCUT2D eigenvalue weighted by Crippen LogP contribution is -2.35. The van der Waals surface area contributed by atoms with Gasteiger partial charge in [0.2, 0.25) is 5.91 Å². The summed E-state index contributed by atoms with van der Waals surface area (Å²) in [6.45, 7) is 2.07. The lowest BCUT2D eigenvalue weighted by Gasteiger charge is -2.26. The van der Waals surface area contributed by atoms with Gasteiger partial charge in [-0.2, -0.15) is 0 Å². The maximum Gasteiger partial charge on any atom is 0.277 e. The molecular formula is C23H25N5O3. The standard InChI is InChI=1S/C23H25N5O3/c29-21(11-14-28-23(31)19-9-2-3-10-20(19)25-26-28)24-16-17-7-6-8-18(15-17)22(30)27-12-4-1-5-13-27/h2-3,6-10,15H,1,4-5,11-14,16H2,(H,24,29). The summed E-state index contributed by atoms with van der Waals surface area (Å²) in [4.78, 5) is 39.3. The van der Waals surface area contributed by atoms with Crippen LogP contribution in [-0.4, -0.2) is 44.8 Å². The minimum absolute atomic E-state index is 0.0436. The lowest BCUT2D eigenvalue weighted by molar-refractivity contribution is -0.121. The van der Waals surface area contributed by atoms with Crippen LogP contribution in [0.1, 0.15) is 41.6 Å². The van der Waals surface area contributed by atoms with Crippen LogP contribution >= 0.6 is 0 Å². The molecule has 8 heteroatoms. The van der Waals surface area contributed by atoms with Crippen LogP contribution < -0.4 is 10.9 Å². The van der Waals surface area contributed by atoms with Gasteiger partial charge in [-0.15, -0.1) is 5.10 Å². The topological polar surface area (TPSA) is 97.2 Å². The summed E-state index contributed by atoms with van der Waals surface area (Å²) in [5, 5.41) is 11.3. The van der Waals surface area contributed by atoms with E-state index in [0.29, 0.717) is 23.0 Å². The number of rotatable bonds is 6. The van der Waals surface area contributed by atoms with Crippen LogP contribution in [0.3, 0.4) is 0 Å². The number of fused-ring (bicyclic) bond motifs is 1. The second-order valence-electron chi connectivity index (χ2n) is 7.71. The number of aromatic nitrogens is 3. The van der Waals surface area contributed by atoms with Gasteiger partial charge in [0.15, 0.2) is 0 Å². The van der Waals surface area contributed by atoms with Crippen LogP contribution in [0.2, 0.25) is 0 Å². The van der Waals surface area contributed by atoms with Gasteiger partial charge in [0.05, 0.1) is 11.9 Å². The van der Waals surface area contributed by atoms with Crippen molar-refractivity contribution < 1.29 is 9.59 Å². The Balaban J connectivity index is 1.32. The number of hydrogen-bond acceptors (Lipinski definition) is 5. The molecule has 2 heterocycles. The molecule has 1 aliphatic rings. The number of nitrogens with zero attached hydrogens (tertiary/aromatic N) is 4. The third-order valence-corrected chi connectivity index (χ3v) is 5.49. The summed E-state index contributed by atoms with van der Waals surface area (Å²) >= 11 is 0. The first-order valence-corrected chi connectivity index (χ1v) is 10.6. The summed E-state index contributed by atoms with van der Waals surface area (Å²) < 4.78 is 1.21. The molecule has 1 aliphatic heterocycles. The fraction of sp³-hybridized carbons (Fsp3) is 0.348. The number of nitrogens with one attached hydrogen (secondary N) is 1. The Hall–Kier alpha value is -3.55. The van der Waals surface area contributed by atoms with Gasteiger partial charge in [0.25, 0.3) is 11.5 Å². The van der Waals surface area contributed by atoms with E-state index in [-0.39, 0.29) is 30.3 Å². The fourth-order valence-corrected chi connectivity index (χ4v) is 3.76. The molecule has 0 radical (unpaired) electrons. The summed E-state index contributed by atoms with van der Waals surface area (Å²) in [6.07, 6.45) is 3.38. The molecule has 0 bridgehead atoms. The van der Waals surface area contributed by atoms with Crippen molar-refractivity contribution in [1.29, 1.82) is 0 Å². The number of carbonyl (C=O) groups excluding carboxylic acids is 2. The zero-order valence-electron chi connectivity index (χ0n) is 17.3. The maximum absolute atomic E-state index is 12.7. The Labute approximate surface area is 179 Å². The summed E-state index contributed by atoms with van der Waals surface area (Å²) in [5.41, 5.74) is 1.78. The first kappa shape index (κ1) is 20.7. The van der Waals surface area contributed by atoms with Crippen molar-refractivity contribution in [2.45, 2.75) is 38.8 Å². The van der Waals surface area contributed by atoms with Crippen molar-refractivity contribution in [1.82, 2.24) is 25.2 Å². The number of aryl methyl sites for hydroxylation is 1. The normalized spacial score (nSPS) is 13.9. The van der Waals surface area contributed by atoms with Crippen LogP contribution in [0.4, 0.5) is 0 Å². The molecule has 1 aromatic heterocycles. The Morgan fingerprint density at radius 3 is 2.65 bits per heavy atom. The van der Waals surface area contributed by atoms with E-state index < -0.39 is 0 Å². The van der Waals surface area contributed by atoms with Crippen LogP contribution in [-0.2, 0) is 17.9 Å². The Morgan fingerprint density at radius 2 is 1.81 bits per heavy atom. The van der Waals surface area contributed by atoms with Gasteiger partial charge in [-0.25, -0.2) is 4.68 Å². The maximum atomic E-state index is 12.7. The number of benzene rings is 2. The highest BCUT2D eigenvalue weighted by molar-refractivity contribution is 5.94. The van der Waals surface area contributed by atoms with Gasteiger partial charge in [0.1, 0.15) is 5.52 Å². The SMILES string of the molecule is O=C(CCn1nnc2ccccc2c1=O)NCc1cccc(C(=O)N2CCCCC2)c1. The highest BCUT2D eigenvalue weighted by atomic mass is 16.2. The van der Waals surface area contributed by atoms with Crippen molar-refractivity contribution in [2.75, 3.05) is 13.1 Å². The second kappa shape index (κ2) is 9.51. The molecule has 1 saturated heterocycles. The molecule has 1 N–H and O–H groups in total. The Morgan fingerprint density at radius 1 is 1.00 bits per heavy atom. The highest BCUT2D eigenvalue weighted by Gasteiger charge is 2.18. The largest absolute Gasteiger partial charge is 0.352 e. The fourth-order valence-electron chi connectivity index (χ4n) is 3.76. The van der Waals surface area contributed by atoms with Crippen molar-refractivity contribution >= 4 is 22.7 Å². The zero-order valence-corrected chi connectivity index (χ0v) is 17.3. The van der Waals surface area contributed by atoms with Crippen LogP contribution in [0, 0.1) is 0 Å². The summed E-state index contributed by atoms with van der Waals surface area (Å²) in [5.74, 6) is -0.156. The first-order chi connectivity index (χ1) is 15.1. The smallest absolute Gasteiger partial charge is 0.277 e. The van der Waals surface area contributed by atoms with Crippen LogP contribution in [0.15, 0.2) is 53.3 Å². The van der Waals surface area contributed by atoms with Crippen molar-refractivity contribution in [3.63, 3.8) is 0 Å². The van der Waals surface area contributed by atoms with E-state index in [1.165, 1.54) is 11.1 Å². The minimum Gasteiger partial charge on any atom is -0.352 e. The van der Waals surface area contributed by atoms with Crippen molar-refractivity contribution in [3.05, 3.63) is 70.0 Å². The van der Waals surface area contributed by atoms with Crippen molar-refractivity contribution in [3.8, 4) is 0 Å². The van der Waals surface area contributed by atoms with Crippen LogP contribution in [0.25, 0.3) is 10.9 Å².